The number of hydrogen-bond donors (Lipinski definition) is 3. The minimum Gasteiger partial charge on any atom is -0.359 e. The van der Waals surface area contributed by atoms with Crippen LogP contribution in [-0.2, 0) is 14.4 Å². The molecule has 0 bridgehead atoms. The number of thiol groups is 1. The molecular weight excluding hydrogens is 192 g/mol. The van der Waals surface area contributed by atoms with Crippen LogP contribution in [0.1, 0.15) is 12.8 Å². The summed E-state index contributed by atoms with van der Waals surface area (Å²) in [6.45, 7) is 0.436. The Labute approximate surface area is 81.7 Å². The number of carbonyl (C=O) groups excluding carboxylic acids is 3. The van der Waals surface area contributed by atoms with E-state index in [2.05, 4.69) is 23.3 Å². The van der Waals surface area contributed by atoms with Gasteiger partial charge in [-0.15, -0.1) is 0 Å². The molecule has 2 N–H and O–H groups in total. The predicted octanol–water partition coefficient (Wildman–Crippen LogP) is -0.915. The van der Waals surface area contributed by atoms with Crippen molar-refractivity contribution in [2.24, 2.45) is 0 Å². The number of carbonyl (C=O) groups is 3. The van der Waals surface area contributed by atoms with E-state index in [0.29, 0.717) is 19.4 Å². The fourth-order valence-corrected chi connectivity index (χ4v) is 0.747. The van der Waals surface area contributed by atoms with Gasteiger partial charge in [-0.25, -0.2) is 0 Å². The maximum Gasteiger partial charge on any atom is 0.236 e. The Bertz CT molecular complexity index is 196. The van der Waals surface area contributed by atoms with E-state index in [1.165, 1.54) is 0 Å². The van der Waals surface area contributed by atoms with Crippen molar-refractivity contribution in [3.05, 3.63) is 0 Å². The number of imide groups is 1. The summed E-state index contributed by atoms with van der Waals surface area (Å²) in [5, 5.41) is 4.55. The Morgan fingerprint density at radius 1 is 1.31 bits per heavy atom. The van der Waals surface area contributed by atoms with Crippen molar-refractivity contribution in [2.45, 2.75) is 12.8 Å². The molecular formula is C7H12N2O3S. The van der Waals surface area contributed by atoms with Gasteiger partial charge in [0.15, 0.2) is 0 Å². The van der Waals surface area contributed by atoms with Gasteiger partial charge in [0.05, 0.1) is 5.75 Å². The minimum atomic E-state index is -0.406. The van der Waals surface area contributed by atoms with Gasteiger partial charge in [-0.3, -0.25) is 19.7 Å². The summed E-state index contributed by atoms with van der Waals surface area (Å²) in [4.78, 5) is 31.3. The third kappa shape index (κ3) is 7.32. The highest BCUT2D eigenvalue weighted by Crippen LogP contribution is 1.86. The molecule has 0 aliphatic rings. The highest BCUT2D eigenvalue weighted by Gasteiger charge is 2.04. The van der Waals surface area contributed by atoms with E-state index in [1.807, 2.05) is 0 Å². The van der Waals surface area contributed by atoms with Crippen LogP contribution < -0.4 is 10.6 Å². The molecule has 0 unspecified atom stereocenters. The molecule has 0 heterocycles. The molecule has 0 aromatic heterocycles. The van der Waals surface area contributed by atoms with Crippen LogP contribution in [0.2, 0.25) is 0 Å². The second-order valence-corrected chi connectivity index (χ2v) is 2.62. The Balaban J connectivity index is 3.40. The summed E-state index contributed by atoms with van der Waals surface area (Å²) in [5.41, 5.74) is 0. The lowest BCUT2D eigenvalue weighted by atomic mass is 10.3. The largest absolute Gasteiger partial charge is 0.359 e. The molecule has 0 aliphatic heterocycles. The molecule has 0 atom stereocenters. The van der Waals surface area contributed by atoms with Crippen LogP contribution in [0.5, 0.6) is 0 Å². The monoisotopic (exact) mass is 204 g/mol. The Kier molecular flexibility index (Phi) is 6.99. The van der Waals surface area contributed by atoms with Gasteiger partial charge in [0.1, 0.15) is 0 Å². The van der Waals surface area contributed by atoms with Crippen molar-refractivity contribution < 1.29 is 14.4 Å². The standard InChI is InChI=1S/C7H12N2O3S/c10-5-8-3-1-2-6(11)9-7(12)4-13/h5,13H,1-4H2,(H,8,10)(H,9,11,12). The van der Waals surface area contributed by atoms with Crippen LogP contribution in [0.15, 0.2) is 0 Å². The quantitative estimate of drug-likeness (QED) is 0.298. The van der Waals surface area contributed by atoms with Crippen LogP contribution in [0.4, 0.5) is 0 Å². The molecule has 0 radical (unpaired) electrons. The number of nitrogens with one attached hydrogen (secondary N) is 2. The number of rotatable bonds is 6. The van der Waals surface area contributed by atoms with E-state index in [0.717, 1.165) is 0 Å². The number of hydrogen-bond acceptors (Lipinski definition) is 4. The van der Waals surface area contributed by atoms with Gasteiger partial charge in [0, 0.05) is 13.0 Å². The maximum atomic E-state index is 10.9. The zero-order chi connectivity index (χ0) is 10.1. The second kappa shape index (κ2) is 7.60. The zero-order valence-electron chi connectivity index (χ0n) is 7.08. The molecule has 74 valence electrons. The molecule has 13 heavy (non-hydrogen) atoms. The number of amides is 3. The van der Waals surface area contributed by atoms with Crippen LogP contribution in [0, 0.1) is 0 Å². The van der Waals surface area contributed by atoms with E-state index < -0.39 is 5.91 Å². The van der Waals surface area contributed by atoms with Gasteiger partial charge in [-0.2, -0.15) is 12.6 Å². The van der Waals surface area contributed by atoms with Crippen LogP contribution in [-0.4, -0.2) is 30.5 Å². The second-order valence-electron chi connectivity index (χ2n) is 2.30. The van der Waals surface area contributed by atoms with Crippen molar-refractivity contribution in [1.82, 2.24) is 10.6 Å². The fraction of sp³-hybridized carbons (Fsp3) is 0.571. The van der Waals surface area contributed by atoms with Crippen molar-refractivity contribution in [3.8, 4) is 0 Å². The van der Waals surface area contributed by atoms with Crippen molar-refractivity contribution >= 4 is 30.9 Å². The van der Waals surface area contributed by atoms with Crippen LogP contribution in [0.3, 0.4) is 0 Å². The first-order chi connectivity index (χ1) is 6.20. The van der Waals surface area contributed by atoms with Crippen molar-refractivity contribution in [3.63, 3.8) is 0 Å². The van der Waals surface area contributed by atoms with Crippen LogP contribution in [0.25, 0.3) is 0 Å². The molecule has 0 fully saturated rings. The van der Waals surface area contributed by atoms with Crippen LogP contribution >= 0.6 is 12.6 Å². The summed E-state index contributed by atoms with van der Waals surface area (Å²) in [6, 6.07) is 0. The molecule has 0 saturated heterocycles. The molecule has 3 amide bonds. The first kappa shape index (κ1) is 12.0. The van der Waals surface area contributed by atoms with Gasteiger partial charge >= 0.3 is 0 Å². The topological polar surface area (TPSA) is 75.3 Å². The zero-order valence-corrected chi connectivity index (χ0v) is 7.97. The summed E-state index contributed by atoms with van der Waals surface area (Å²) in [7, 11) is 0. The van der Waals surface area contributed by atoms with Gasteiger partial charge in [0.25, 0.3) is 0 Å². The lowest BCUT2D eigenvalue weighted by Gasteiger charge is -2.01. The highest BCUT2D eigenvalue weighted by molar-refractivity contribution is 7.81. The lowest BCUT2D eigenvalue weighted by molar-refractivity contribution is -0.129. The molecule has 0 saturated carbocycles. The predicted molar refractivity (Wildman–Crippen MR) is 50.3 cm³/mol. The summed E-state index contributed by atoms with van der Waals surface area (Å²) in [5.74, 6) is -0.748. The molecule has 0 aromatic carbocycles. The molecule has 0 rings (SSSR count). The normalized spacial score (nSPS) is 9.00. The van der Waals surface area contributed by atoms with E-state index in [1.54, 1.807) is 0 Å². The minimum absolute atomic E-state index is 0.00166. The van der Waals surface area contributed by atoms with E-state index >= 15 is 0 Å². The lowest BCUT2D eigenvalue weighted by Crippen LogP contribution is -2.31. The van der Waals surface area contributed by atoms with E-state index in [-0.39, 0.29) is 18.1 Å². The fourth-order valence-electron chi connectivity index (χ4n) is 0.667. The van der Waals surface area contributed by atoms with E-state index in [4.69, 9.17) is 0 Å². The third-order valence-electron chi connectivity index (χ3n) is 1.23. The Morgan fingerprint density at radius 3 is 2.54 bits per heavy atom. The summed E-state index contributed by atoms with van der Waals surface area (Å²) in [6.07, 6.45) is 1.31. The van der Waals surface area contributed by atoms with Gasteiger partial charge < -0.3 is 5.32 Å². The van der Waals surface area contributed by atoms with Gasteiger partial charge in [-0.05, 0) is 6.42 Å². The molecule has 0 spiro atoms. The highest BCUT2D eigenvalue weighted by atomic mass is 32.1. The van der Waals surface area contributed by atoms with Crippen molar-refractivity contribution in [2.75, 3.05) is 12.3 Å². The molecule has 5 nitrogen and oxygen atoms in total. The SMILES string of the molecule is O=CNCCCC(=O)NC(=O)CS. The third-order valence-corrected chi connectivity index (χ3v) is 1.52. The smallest absolute Gasteiger partial charge is 0.236 e. The first-order valence-electron chi connectivity index (χ1n) is 3.81. The van der Waals surface area contributed by atoms with Crippen molar-refractivity contribution in [1.29, 1.82) is 0 Å². The Hall–Kier alpha value is -1.04. The first-order valence-corrected chi connectivity index (χ1v) is 4.44. The molecule has 6 heteroatoms. The maximum absolute atomic E-state index is 10.9. The van der Waals surface area contributed by atoms with E-state index in [9.17, 15) is 14.4 Å². The molecule has 0 aliphatic carbocycles. The molecule has 0 aromatic rings. The summed E-state index contributed by atoms with van der Waals surface area (Å²) >= 11 is 3.69. The van der Waals surface area contributed by atoms with Gasteiger partial charge in [0.2, 0.25) is 18.2 Å². The van der Waals surface area contributed by atoms with Gasteiger partial charge in [-0.1, -0.05) is 0 Å². The average molecular weight is 204 g/mol. The average Bonchev–Trinajstić information content (AvgIpc) is 2.12. The summed E-state index contributed by atoms with van der Waals surface area (Å²) < 4.78 is 0. The Morgan fingerprint density at radius 2 is 2.00 bits per heavy atom.